The molecular weight excluding hydrogens is 376 g/mol. The first-order valence-electron chi connectivity index (χ1n) is 8.07. The lowest BCUT2D eigenvalue weighted by Crippen LogP contribution is -2.21. The van der Waals surface area contributed by atoms with Crippen molar-refractivity contribution < 1.29 is 9.53 Å². The molecule has 134 valence electrons. The van der Waals surface area contributed by atoms with E-state index in [0.717, 1.165) is 28.4 Å². The maximum atomic E-state index is 11.6. The van der Waals surface area contributed by atoms with Gasteiger partial charge in [-0.3, -0.25) is 0 Å². The molecule has 0 saturated heterocycles. The Hall–Kier alpha value is -1.50. The highest BCUT2D eigenvalue weighted by atomic mass is 35.5. The predicted molar refractivity (Wildman–Crippen MR) is 108 cm³/mol. The number of rotatable bonds is 8. The second-order valence-corrected chi connectivity index (χ2v) is 8.01. The van der Waals surface area contributed by atoms with Crippen molar-refractivity contribution in [3.8, 4) is 0 Å². The summed E-state index contributed by atoms with van der Waals surface area (Å²) >= 11 is 9.59. The quantitative estimate of drug-likeness (QED) is 0.379. The van der Waals surface area contributed by atoms with E-state index >= 15 is 0 Å². The molecule has 0 fully saturated rings. The molecule has 25 heavy (non-hydrogen) atoms. The SMILES string of the molecule is CCOC(=O)NN=C(c1ccc(Cl)cc1)c1ccc(CCSCC)s1. The Bertz CT molecular complexity index is 714. The summed E-state index contributed by atoms with van der Waals surface area (Å²) in [7, 11) is 0. The summed E-state index contributed by atoms with van der Waals surface area (Å²) in [4.78, 5) is 13.9. The Morgan fingerprint density at radius 2 is 2.00 bits per heavy atom. The van der Waals surface area contributed by atoms with Crippen LogP contribution >= 0.6 is 34.7 Å². The number of thioether (sulfide) groups is 1. The Morgan fingerprint density at radius 1 is 1.24 bits per heavy atom. The number of aryl methyl sites for hydroxylation is 1. The number of amides is 1. The largest absolute Gasteiger partial charge is 0.449 e. The van der Waals surface area contributed by atoms with E-state index in [4.69, 9.17) is 16.3 Å². The lowest BCUT2D eigenvalue weighted by Gasteiger charge is -2.06. The number of hydrogen-bond acceptors (Lipinski definition) is 5. The van der Waals surface area contributed by atoms with E-state index in [0.29, 0.717) is 17.3 Å². The highest BCUT2D eigenvalue weighted by Crippen LogP contribution is 2.23. The Kier molecular flexibility index (Phi) is 8.31. The van der Waals surface area contributed by atoms with E-state index in [1.54, 1.807) is 18.3 Å². The topological polar surface area (TPSA) is 50.7 Å². The summed E-state index contributed by atoms with van der Waals surface area (Å²) in [5, 5.41) is 4.93. The number of ether oxygens (including phenoxy) is 1. The number of hydrazone groups is 1. The van der Waals surface area contributed by atoms with E-state index in [9.17, 15) is 4.79 Å². The summed E-state index contributed by atoms with van der Waals surface area (Å²) < 4.78 is 4.88. The van der Waals surface area contributed by atoms with Crippen LogP contribution in [0.3, 0.4) is 0 Å². The first-order valence-corrected chi connectivity index (χ1v) is 10.4. The molecular formula is C18H21ClN2O2S2. The summed E-state index contributed by atoms with van der Waals surface area (Å²) in [5.74, 6) is 2.23. The van der Waals surface area contributed by atoms with Gasteiger partial charge in [-0.2, -0.15) is 16.9 Å². The second kappa shape index (κ2) is 10.5. The van der Waals surface area contributed by atoms with Gasteiger partial charge in [-0.05, 0) is 49.1 Å². The molecule has 0 aliphatic carbocycles. The Balaban J connectivity index is 2.23. The molecule has 0 spiro atoms. The van der Waals surface area contributed by atoms with Crippen molar-refractivity contribution in [2.24, 2.45) is 5.10 Å². The number of carbonyl (C=O) groups is 1. The fraction of sp³-hybridized carbons (Fsp3) is 0.333. The first kappa shape index (κ1) is 19.8. The van der Waals surface area contributed by atoms with Gasteiger partial charge in [-0.15, -0.1) is 11.3 Å². The second-order valence-electron chi connectivity index (χ2n) is 5.01. The fourth-order valence-electron chi connectivity index (χ4n) is 2.09. The van der Waals surface area contributed by atoms with Crippen LogP contribution in [0.15, 0.2) is 41.5 Å². The molecule has 0 aliphatic heterocycles. The van der Waals surface area contributed by atoms with Crippen LogP contribution in [0.4, 0.5) is 4.79 Å². The molecule has 1 amide bonds. The third kappa shape index (κ3) is 6.38. The highest BCUT2D eigenvalue weighted by molar-refractivity contribution is 7.99. The van der Waals surface area contributed by atoms with Crippen LogP contribution in [-0.2, 0) is 11.2 Å². The smallest absolute Gasteiger partial charge is 0.427 e. The minimum atomic E-state index is -0.565. The van der Waals surface area contributed by atoms with Crippen molar-refractivity contribution in [3.63, 3.8) is 0 Å². The van der Waals surface area contributed by atoms with E-state index in [1.165, 1.54) is 4.88 Å². The van der Waals surface area contributed by atoms with Crippen LogP contribution in [0, 0.1) is 0 Å². The molecule has 1 aromatic heterocycles. The third-order valence-electron chi connectivity index (χ3n) is 3.24. The minimum Gasteiger partial charge on any atom is -0.449 e. The highest BCUT2D eigenvalue weighted by Gasteiger charge is 2.12. The Labute approximate surface area is 161 Å². The van der Waals surface area contributed by atoms with Crippen molar-refractivity contribution >= 4 is 46.5 Å². The van der Waals surface area contributed by atoms with Gasteiger partial charge in [0, 0.05) is 15.5 Å². The van der Waals surface area contributed by atoms with Gasteiger partial charge in [0.15, 0.2) is 0 Å². The number of thiophene rings is 1. The third-order valence-corrected chi connectivity index (χ3v) is 5.55. The van der Waals surface area contributed by atoms with Crippen LogP contribution in [0.5, 0.6) is 0 Å². The molecule has 0 bridgehead atoms. The minimum absolute atomic E-state index is 0.301. The molecule has 2 aromatic rings. The van der Waals surface area contributed by atoms with Crippen LogP contribution in [0.1, 0.15) is 29.2 Å². The van der Waals surface area contributed by atoms with E-state index < -0.39 is 6.09 Å². The molecule has 1 N–H and O–H groups in total. The predicted octanol–water partition coefficient (Wildman–Crippen LogP) is 5.20. The van der Waals surface area contributed by atoms with Crippen molar-refractivity contribution in [1.29, 1.82) is 0 Å². The van der Waals surface area contributed by atoms with Crippen LogP contribution in [0.25, 0.3) is 0 Å². The van der Waals surface area contributed by atoms with E-state index in [1.807, 2.05) is 42.1 Å². The van der Waals surface area contributed by atoms with Gasteiger partial charge in [-0.25, -0.2) is 10.2 Å². The van der Waals surface area contributed by atoms with E-state index in [2.05, 4.69) is 23.5 Å². The van der Waals surface area contributed by atoms with Crippen LogP contribution in [0.2, 0.25) is 5.02 Å². The zero-order valence-electron chi connectivity index (χ0n) is 14.3. The van der Waals surface area contributed by atoms with E-state index in [-0.39, 0.29) is 0 Å². The average Bonchev–Trinajstić information content (AvgIpc) is 3.06. The maximum Gasteiger partial charge on any atom is 0.427 e. The molecule has 7 heteroatoms. The number of nitrogens with zero attached hydrogens (tertiary/aromatic N) is 1. The molecule has 2 rings (SSSR count). The zero-order valence-corrected chi connectivity index (χ0v) is 16.6. The Morgan fingerprint density at radius 3 is 2.68 bits per heavy atom. The fourth-order valence-corrected chi connectivity index (χ4v) is 4.02. The lowest BCUT2D eigenvalue weighted by atomic mass is 10.1. The van der Waals surface area contributed by atoms with Crippen molar-refractivity contribution in [1.82, 2.24) is 5.43 Å². The number of halogens is 1. The molecule has 0 unspecified atom stereocenters. The number of carbonyl (C=O) groups excluding carboxylic acids is 1. The normalized spacial score (nSPS) is 11.4. The molecule has 0 atom stereocenters. The van der Waals surface area contributed by atoms with Crippen LogP contribution in [-0.4, -0.2) is 29.9 Å². The number of nitrogens with one attached hydrogen (secondary N) is 1. The molecule has 0 saturated carbocycles. The summed E-state index contributed by atoms with van der Waals surface area (Å²) in [6, 6.07) is 11.6. The van der Waals surface area contributed by atoms with Crippen LogP contribution < -0.4 is 5.43 Å². The van der Waals surface area contributed by atoms with Crippen molar-refractivity contribution in [2.75, 3.05) is 18.1 Å². The summed E-state index contributed by atoms with van der Waals surface area (Å²) in [6.45, 7) is 4.22. The lowest BCUT2D eigenvalue weighted by molar-refractivity contribution is 0.152. The maximum absolute atomic E-state index is 11.6. The molecule has 0 aliphatic rings. The zero-order chi connectivity index (χ0) is 18.1. The molecule has 0 radical (unpaired) electrons. The van der Waals surface area contributed by atoms with Gasteiger partial charge in [0.25, 0.3) is 0 Å². The van der Waals surface area contributed by atoms with Crippen molar-refractivity contribution in [3.05, 3.63) is 56.7 Å². The van der Waals surface area contributed by atoms with Gasteiger partial charge < -0.3 is 4.74 Å². The molecule has 4 nitrogen and oxygen atoms in total. The van der Waals surface area contributed by atoms with Crippen molar-refractivity contribution in [2.45, 2.75) is 20.3 Å². The van der Waals surface area contributed by atoms with Gasteiger partial charge in [0.05, 0.1) is 11.5 Å². The van der Waals surface area contributed by atoms with Gasteiger partial charge >= 0.3 is 6.09 Å². The number of hydrogen-bond donors (Lipinski definition) is 1. The van der Waals surface area contributed by atoms with Gasteiger partial charge in [0.1, 0.15) is 5.71 Å². The molecule has 1 heterocycles. The summed E-state index contributed by atoms with van der Waals surface area (Å²) in [5.41, 5.74) is 4.04. The average molecular weight is 397 g/mol. The van der Waals surface area contributed by atoms with Gasteiger partial charge in [-0.1, -0.05) is 30.7 Å². The van der Waals surface area contributed by atoms with Gasteiger partial charge in [0.2, 0.25) is 0 Å². The number of benzene rings is 1. The standard InChI is InChI=1S/C18H21ClN2O2S2/c1-3-23-18(22)21-20-17(13-5-7-14(19)8-6-13)16-10-9-15(25-16)11-12-24-4-2/h5-10H,3-4,11-12H2,1-2H3,(H,21,22). The summed E-state index contributed by atoms with van der Waals surface area (Å²) in [6.07, 6.45) is 0.465. The first-order chi connectivity index (χ1) is 12.1. The monoisotopic (exact) mass is 396 g/mol. The molecule has 1 aromatic carbocycles.